The third kappa shape index (κ3) is 5.16. The van der Waals surface area contributed by atoms with Crippen molar-refractivity contribution in [2.24, 2.45) is 0 Å². The number of amides is 1. The molecule has 3 aromatic rings. The number of aromatic nitrogens is 3. The number of hydrogen-bond acceptors (Lipinski definition) is 5. The summed E-state index contributed by atoms with van der Waals surface area (Å²) in [4.78, 5) is 29.3. The van der Waals surface area contributed by atoms with Gasteiger partial charge in [-0.15, -0.1) is 0 Å². The minimum absolute atomic E-state index is 0.127. The van der Waals surface area contributed by atoms with Gasteiger partial charge in [0, 0.05) is 30.1 Å². The number of pyridine rings is 1. The molecule has 1 atom stereocenters. The molecule has 30 heavy (non-hydrogen) atoms. The van der Waals surface area contributed by atoms with Gasteiger partial charge in [0.25, 0.3) is 5.56 Å². The van der Waals surface area contributed by atoms with Crippen LogP contribution >= 0.6 is 11.6 Å². The van der Waals surface area contributed by atoms with Gasteiger partial charge in [0.05, 0.1) is 11.6 Å². The van der Waals surface area contributed by atoms with E-state index < -0.39 is 0 Å². The number of rotatable bonds is 8. The van der Waals surface area contributed by atoms with Gasteiger partial charge in [-0.3, -0.25) is 9.59 Å². The molecule has 1 aromatic carbocycles. The van der Waals surface area contributed by atoms with E-state index in [-0.39, 0.29) is 29.8 Å². The van der Waals surface area contributed by atoms with Crippen molar-refractivity contribution in [1.29, 1.82) is 0 Å². The third-order valence-electron chi connectivity index (χ3n) is 4.86. The molecule has 2 heterocycles. The maximum atomic E-state index is 12.7. The summed E-state index contributed by atoms with van der Waals surface area (Å²) in [5.74, 6) is 0.439. The maximum absolute atomic E-state index is 12.7. The number of halogens is 1. The van der Waals surface area contributed by atoms with Crippen LogP contribution in [0.5, 0.6) is 0 Å². The number of carbonyl (C=O) groups is 1. The lowest BCUT2D eigenvalue weighted by Gasteiger charge is -2.14. The predicted molar refractivity (Wildman–Crippen MR) is 115 cm³/mol. The zero-order valence-corrected chi connectivity index (χ0v) is 18.1. The van der Waals surface area contributed by atoms with Gasteiger partial charge in [-0.1, -0.05) is 35.8 Å². The van der Waals surface area contributed by atoms with Crippen molar-refractivity contribution < 1.29 is 9.32 Å². The number of aryl methyl sites for hydroxylation is 2. The summed E-state index contributed by atoms with van der Waals surface area (Å²) < 4.78 is 6.96. The van der Waals surface area contributed by atoms with Gasteiger partial charge in [-0.25, -0.2) is 0 Å². The molecule has 0 saturated heterocycles. The van der Waals surface area contributed by atoms with E-state index in [0.717, 1.165) is 17.7 Å². The largest absolute Gasteiger partial charge is 0.350 e. The summed E-state index contributed by atoms with van der Waals surface area (Å²) in [6.45, 7) is 6.45. The first kappa shape index (κ1) is 21.8. The molecule has 0 saturated carbocycles. The molecule has 1 amide bonds. The molecule has 3 rings (SSSR count). The number of carbonyl (C=O) groups excluding carboxylic acids is 1. The van der Waals surface area contributed by atoms with Crippen molar-refractivity contribution in [3.63, 3.8) is 0 Å². The zero-order valence-electron chi connectivity index (χ0n) is 17.3. The third-order valence-corrected chi connectivity index (χ3v) is 5.11. The molecule has 0 unspecified atom stereocenters. The monoisotopic (exact) mass is 428 g/mol. The number of nitrogens with zero attached hydrogens (tertiary/aromatic N) is 3. The summed E-state index contributed by atoms with van der Waals surface area (Å²) in [6.07, 6.45) is 1.35. The maximum Gasteiger partial charge on any atom is 0.261 e. The highest BCUT2D eigenvalue weighted by Crippen LogP contribution is 2.17. The molecule has 0 aliphatic carbocycles. The van der Waals surface area contributed by atoms with Gasteiger partial charge in [0.1, 0.15) is 0 Å². The van der Waals surface area contributed by atoms with Gasteiger partial charge >= 0.3 is 0 Å². The molecule has 0 spiro atoms. The first-order chi connectivity index (χ1) is 14.4. The van der Waals surface area contributed by atoms with E-state index in [1.165, 1.54) is 0 Å². The average molecular weight is 429 g/mol. The molecule has 7 nitrogen and oxygen atoms in total. The van der Waals surface area contributed by atoms with Crippen LogP contribution in [-0.2, 0) is 17.8 Å². The Bertz CT molecular complexity index is 1070. The predicted octanol–water partition coefficient (Wildman–Crippen LogP) is 4.08. The highest BCUT2D eigenvalue weighted by molar-refractivity contribution is 6.30. The average Bonchev–Trinajstić information content (AvgIpc) is 3.19. The number of benzene rings is 1. The number of nitrogens with one attached hydrogen (secondary N) is 1. The van der Waals surface area contributed by atoms with Crippen LogP contribution in [0.3, 0.4) is 0 Å². The Morgan fingerprint density at radius 1 is 1.23 bits per heavy atom. The first-order valence-corrected chi connectivity index (χ1v) is 10.3. The van der Waals surface area contributed by atoms with E-state index in [1.54, 1.807) is 22.8 Å². The van der Waals surface area contributed by atoms with Crippen molar-refractivity contribution in [2.75, 3.05) is 0 Å². The van der Waals surface area contributed by atoms with Crippen LogP contribution in [0.1, 0.15) is 49.9 Å². The Morgan fingerprint density at radius 2 is 1.97 bits per heavy atom. The van der Waals surface area contributed by atoms with E-state index in [4.69, 9.17) is 16.1 Å². The zero-order chi connectivity index (χ0) is 21.7. The van der Waals surface area contributed by atoms with Gasteiger partial charge in [0.15, 0.2) is 0 Å². The summed E-state index contributed by atoms with van der Waals surface area (Å²) >= 11 is 5.90. The first-order valence-electron chi connectivity index (χ1n) is 9.97. The van der Waals surface area contributed by atoms with E-state index >= 15 is 0 Å². The second kappa shape index (κ2) is 9.71. The summed E-state index contributed by atoms with van der Waals surface area (Å²) in [6, 6.07) is 10.8. The Kier molecular flexibility index (Phi) is 7.05. The quantitative estimate of drug-likeness (QED) is 0.583. The Morgan fingerprint density at radius 3 is 2.67 bits per heavy atom. The lowest BCUT2D eigenvalue weighted by atomic mass is 10.1. The molecular weight excluding hydrogens is 404 g/mol. The van der Waals surface area contributed by atoms with Crippen LogP contribution < -0.4 is 10.9 Å². The molecule has 8 heteroatoms. The van der Waals surface area contributed by atoms with Gasteiger partial charge in [-0.05, 0) is 50.1 Å². The highest BCUT2D eigenvalue weighted by atomic mass is 35.5. The minimum atomic E-state index is -0.141. The molecule has 0 aliphatic rings. The van der Waals surface area contributed by atoms with E-state index in [2.05, 4.69) is 15.5 Å². The van der Waals surface area contributed by atoms with Crippen LogP contribution in [-0.4, -0.2) is 20.6 Å². The molecule has 158 valence electrons. The molecule has 2 aromatic heterocycles. The Balaban J connectivity index is 1.62. The fourth-order valence-corrected chi connectivity index (χ4v) is 3.30. The molecular formula is C22H25ClN4O3. The lowest BCUT2D eigenvalue weighted by molar-refractivity contribution is -0.121. The van der Waals surface area contributed by atoms with Crippen molar-refractivity contribution in [2.45, 2.75) is 52.6 Å². The van der Waals surface area contributed by atoms with E-state index in [0.29, 0.717) is 29.4 Å². The van der Waals surface area contributed by atoms with E-state index in [9.17, 15) is 9.59 Å². The summed E-state index contributed by atoms with van der Waals surface area (Å²) in [5, 5.41) is 7.52. The van der Waals surface area contributed by atoms with Crippen molar-refractivity contribution in [3.8, 4) is 11.4 Å². The molecule has 0 radical (unpaired) electrons. The van der Waals surface area contributed by atoms with Crippen molar-refractivity contribution >= 4 is 17.5 Å². The van der Waals surface area contributed by atoms with Crippen LogP contribution in [0.25, 0.3) is 11.4 Å². The second-order valence-corrected chi connectivity index (χ2v) is 7.63. The molecule has 0 bridgehead atoms. The van der Waals surface area contributed by atoms with Crippen LogP contribution in [0.2, 0.25) is 5.02 Å². The standard InChI is InChI=1S/C22H25ClN4O3/c1-4-13-27-14(2)5-10-18(22(27)29)21-25-20(30-26-21)12-11-19(28)24-15(3)16-6-8-17(23)9-7-16/h5-10,15H,4,11-13H2,1-3H3,(H,24,28)/t15-/m0/s1. The normalized spacial score (nSPS) is 12.0. The Hall–Kier alpha value is -2.93. The van der Waals surface area contributed by atoms with Crippen molar-refractivity contribution in [1.82, 2.24) is 20.0 Å². The van der Waals surface area contributed by atoms with Gasteiger partial charge < -0.3 is 14.4 Å². The molecule has 0 aliphatic heterocycles. The summed E-state index contributed by atoms with van der Waals surface area (Å²) in [7, 11) is 0. The van der Waals surface area contributed by atoms with Crippen molar-refractivity contribution in [3.05, 3.63) is 68.9 Å². The smallest absolute Gasteiger partial charge is 0.261 e. The second-order valence-electron chi connectivity index (χ2n) is 7.20. The Labute approximate surface area is 180 Å². The molecule has 1 N–H and O–H groups in total. The molecule has 0 fully saturated rings. The van der Waals surface area contributed by atoms with E-state index in [1.807, 2.05) is 39.0 Å². The minimum Gasteiger partial charge on any atom is -0.350 e. The van der Waals surface area contributed by atoms with Gasteiger partial charge in [-0.2, -0.15) is 4.98 Å². The SMILES string of the molecule is CCCn1c(C)ccc(-c2noc(CCC(=O)N[C@@H](C)c3ccc(Cl)cc3)n2)c1=O. The summed E-state index contributed by atoms with van der Waals surface area (Å²) in [5.41, 5.74) is 2.11. The topological polar surface area (TPSA) is 90.0 Å². The van der Waals surface area contributed by atoms with Crippen LogP contribution in [0.4, 0.5) is 0 Å². The lowest BCUT2D eigenvalue weighted by Crippen LogP contribution is -2.26. The fraction of sp³-hybridized carbons (Fsp3) is 0.364. The highest BCUT2D eigenvalue weighted by Gasteiger charge is 2.16. The van der Waals surface area contributed by atoms with Crippen LogP contribution in [0.15, 0.2) is 45.7 Å². The van der Waals surface area contributed by atoms with Crippen LogP contribution in [0, 0.1) is 6.92 Å². The van der Waals surface area contributed by atoms with Gasteiger partial charge in [0.2, 0.25) is 17.6 Å². The fourth-order valence-electron chi connectivity index (χ4n) is 3.18. The number of hydrogen-bond donors (Lipinski definition) is 1.